The maximum Gasteiger partial charge on any atom is 0.165 e. The molecule has 2 N–H and O–H groups in total. The molecule has 2 heterocycles. The van der Waals surface area contributed by atoms with Gasteiger partial charge < -0.3 is 24.7 Å². The molecule has 6 heteroatoms. The molecule has 6 nitrogen and oxygen atoms in total. The Balaban J connectivity index is 1.25. The van der Waals surface area contributed by atoms with E-state index in [1.54, 1.807) is 7.11 Å². The highest BCUT2D eigenvalue weighted by molar-refractivity contribution is 5.61. The van der Waals surface area contributed by atoms with Crippen molar-refractivity contribution in [2.75, 3.05) is 39.6 Å². The van der Waals surface area contributed by atoms with Crippen LogP contribution in [0.3, 0.4) is 0 Å². The van der Waals surface area contributed by atoms with Gasteiger partial charge in [-0.3, -0.25) is 4.90 Å². The first-order valence-electron chi connectivity index (χ1n) is 14.0. The van der Waals surface area contributed by atoms with Crippen molar-refractivity contribution < 1.29 is 18.9 Å². The first-order valence-corrected chi connectivity index (χ1v) is 14.0. The van der Waals surface area contributed by atoms with Gasteiger partial charge in [-0.25, -0.2) is 0 Å². The van der Waals surface area contributed by atoms with E-state index in [-0.39, 0.29) is 23.0 Å². The van der Waals surface area contributed by atoms with Gasteiger partial charge >= 0.3 is 0 Å². The zero-order chi connectivity index (χ0) is 25.4. The van der Waals surface area contributed by atoms with Crippen LogP contribution in [0.2, 0.25) is 0 Å². The van der Waals surface area contributed by atoms with Crippen LogP contribution in [-0.2, 0) is 27.9 Å². The lowest BCUT2D eigenvalue weighted by molar-refractivity contribution is -0.189. The fourth-order valence-electron chi connectivity index (χ4n) is 8.50. The minimum absolute atomic E-state index is 0.0176. The van der Waals surface area contributed by atoms with Crippen molar-refractivity contribution in [1.29, 1.82) is 0 Å². The minimum Gasteiger partial charge on any atom is -0.493 e. The molecule has 6 atom stereocenters. The fraction of sp³-hybridized carbons (Fsp3) is 0.613. The minimum atomic E-state index is -0.165. The molecule has 0 amide bonds. The van der Waals surface area contributed by atoms with Gasteiger partial charge in [0.2, 0.25) is 0 Å². The maximum absolute atomic E-state index is 6.97. The van der Waals surface area contributed by atoms with E-state index in [4.69, 9.17) is 24.7 Å². The summed E-state index contributed by atoms with van der Waals surface area (Å²) in [6.07, 6.45) is 5.98. The van der Waals surface area contributed by atoms with E-state index < -0.39 is 0 Å². The molecule has 0 aromatic heterocycles. The predicted octanol–water partition coefficient (Wildman–Crippen LogP) is 4.57. The van der Waals surface area contributed by atoms with Crippen molar-refractivity contribution in [2.24, 2.45) is 17.3 Å². The third kappa shape index (κ3) is 3.55. The Kier molecular flexibility index (Phi) is 5.55. The highest BCUT2D eigenvalue weighted by atomic mass is 16.6. The molecule has 7 rings (SSSR count). The molecule has 2 aromatic carbocycles. The summed E-state index contributed by atoms with van der Waals surface area (Å²) in [5.74, 6) is 3.23. The number of hydrogen-bond acceptors (Lipinski definition) is 6. The molecule has 5 aliphatic rings. The number of ether oxygens (including phenoxy) is 4. The van der Waals surface area contributed by atoms with Crippen LogP contribution < -0.4 is 15.2 Å². The molecule has 37 heavy (non-hydrogen) atoms. The Bertz CT molecular complexity index is 1200. The van der Waals surface area contributed by atoms with E-state index in [2.05, 4.69) is 30.0 Å². The first kappa shape index (κ1) is 23.8. The summed E-state index contributed by atoms with van der Waals surface area (Å²) >= 11 is 0. The molecule has 3 aliphatic carbocycles. The molecule has 2 bridgehead atoms. The highest BCUT2D eigenvalue weighted by Gasteiger charge is 2.70. The monoisotopic (exact) mass is 504 g/mol. The largest absolute Gasteiger partial charge is 0.493 e. The van der Waals surface area contributed by atoms with Gasteiger partial charge in [0.25, 0.3) is 0 Å². The van der Waals surface area contributed by atoms with Crippen molar-refractivity contribution in [1.82, 2.24) is 4.90 Å². The van der Waals surface area contributed by atoms with Gasteiger partial charge in [-0.05, 0) is 79.8 Å². The van der Waals surface area contributed by atoms with E-state index in [9.17, 15) is 0 Å². The number of likely N-dealkylation sites (tertiary alicyclic amines) is 1. The van der Waals surface area contributed by atoms with Crippen molar-refractivity contribution in [3.8, 4) is 11.5 Å². The molecule has 0 radical (unpaired) electrons. The quantitative estimate of drug-likeness (QED) is 0.531. The third-order valence-corrected chi connectivity index (χ3v) is 10.2. The predicted molar refractivity (Wildman–Crippen MR) is 143 cm³/mol. The lowest BCUT2D eigenvalue weighted by Gasteiger charge is -2.63. The smallest absolute Gasteiger partial charge is 0.165 e. The Morgan fingerprint density at radius 2 is 2.03 bits per heavy atom. The van der Waals surface area contributed by atoms with Gasteiger partial charge in [0.05, 0.1) is 20.3 Å². The van der Waals surface area contributed by atoms with Gasteiger partial charge in [0.15, 0.2) is 11.5 Å². The molecule has 3 unspecified atom stereocenters. The van der Waals surface area contributed by atoms with Crippen LogP contribution in [0.15, 0.2) is 36.4 Å². The van der Waals surface area contributed by atoms with E-state index in [1.165, 1.54) is 30.5 Å². The van der Waals surface area contributed by atoms with Crippen LogP contribution in [0.4, 0.5) is 5.69 Å². The second kappa shape index (κ2) is 8.62. The molecular formula is C31H40N2O4. The van der Waals surface area contributed by atoms with Crippen LogP contribution >= 0.6 is 0 Å². The number of rotatable bonds is 8. The second-order valence-electron chi connectivity index (χ2n) is 12.5. The zero-order valence-corrected chi connectivity index (χ0v) is 22.4. The average Bonchev–Trinajstić information content (AvgIpc) is 3.63. The number of benzene rings is 2. The Hall–Kier alpha value is -2.28. The summed E-state index contributed by atoms with van der Waals surface area (Å²) in [6.45, 7) is 5.92. The SMILES string of the molecule is COc1ccc2c3c1O[C@H]1C(OC)[C@](C)(COCc4cccc(N)c4)CC4[C@@H](C2)N(CC2CC2)CCC341. The van der Waals surface area contributed by atoms with Crippen LogP contribution in [-0.4, -0.2) is 57.1 Å². The van der Waals surface area contributed by atoms with Crippen molar-refractivity contribution in [2.45, 2.75) is 69.3 Å². The van der Waals surface area contributed by atoms with Crippen molar-refractivity contribution in [3.05, 3.63) is 53.1 Å². The number of nitrogens with zero attached hydrogens (tertiary/aromatic N) is 1. The lowest BCUT2D eigenvalue weighted by atomic mass is 9.47. The topological polar surface area (TPSA) is 66.2 Å². The average molecular weight is 505 g/mol. The summed E-state index contributed by atoms with van der Waals surface area (Å²) in [6, 6.07) is 12.9. The molecule has 198 valence electrons. The van der Waals surface area contributed by atoms with Crippen molar-refractivity contribution in [3.63, 3.8) is 0 Å². The van der Waals surface area contributed by atoms with Crippen molar-refractivity contribution >= 4 is 5.69 Å². The number of anilines is 1. The summed E-state index contributed by atoms with van der Waals surface area (Å²) in [5, 5.41) is 0. The van der Waals surface area contributed by atoms with E-state index in [0.29, 0.717) is 25.2 Å². The zero-order valence-electron chi connectivity index (χ0n) is 22.4. The normalized spacial score (nSPS) is 35.6. The number of hydrogen-bond donors (Lipinski definition) is 1. The second-order valence-corrected chi connectivity index (χ2v) is 12.5. The molecule has 3 fully saturated rings. The van der Waals surface area contributed by atoms with E-state index in [1.807, 2.05) is 25.3 Å². The molecular weight excluding hydrogens is 464 g/mol. The summed E-state index contributed by atoms with van der Waals surface area (Å²) < 4.78 is 25.6. The van der Waals surface area contributed by atoms with E-state index in [0.717, 1.165) is 54.5 Å². The van der Waals surface area contributed by atoms with Crippen LogP contribution in [0.25, 0.3) is 0 Å². The Labute approximate surface area is 220 Å². The highest BCUT2D eigenvalue weighted by Crippen LogP contribution is 2.67. The van der Waals surface area contributed by atoms with Gasteiger partial charge in [0, 0.05) is 41.8 Å². The summed E-state index contributed by atoms with van der Waals surface area (Å²) in [7, 11) is 3.61. The van der Waals surface area contributed by atoms with Gasteiger partial charge in [-0.1, -0.05) is 25.1 Å². The van der Waals surface area contributed by atoms with E-state index >= 15 is 0 Å². The molecule has 1 spiro atoms. The number of piperidine rings is 1. The van der Waals surface area contributed by atoms with Gasteiger partial charge in [-0.2, -0.15) is 0 Å². The number of methoxy groups -OCH3 is 2. The number of nitrogens with two attached hydrogens (primary N) is 1. The Morgan fingerprint density at radius 1 is 1.16 bits per heavy atom. The van der Waals surface area contributed by atoms with Crippen LogP contribution in [0.5, 0.6) is 11.5 Å². The van der Waals surface area contributed by atoms with Crippen LogP contribution in [0.1, 0.15) is 49.3 Å². The third-order valence-electron chi connectivity index (χ3n) is 10.2. The molecule has 1 saturated heterocycles. The molecule has 2 aromatic rings. The standard InChI is InChI=1S/C31H40N2O4/c1-30(18-36-17-20-5-4-6-22(32)13-20)15-23-24-14-21-9-10-25(34-2)27-26(21)31(23,29(37-27)28(30)35-3)11-12-33(24)16-19-7-8-19/h4-6,9-10,13,19,23-24,28-29H,7-8,11-12,14-18,32H2,1-3H3/t23?,24-,28?,29+,30+,31?/m1/s1. The van der Waals surface area contributed by atoms with Gasteiger partial charge in [-0.15, -0.1) is 0 Å². The number of nitrogen functional groups attached to an aromatic ring is 1. The summed E-state index contributed by atoms with van der Waals surface area (Å²) in [5.41, 5.74) is 10.6. The summed E-state index contributed by atoms with van der Waals surface area (Å²) in [4.78, 5) is 2.83. The van der Waals surface area contributed by atoms with Crippen LogP contribution in [0, 0.1) is 17.3 Å². The maximum atomic E-state index is 6.97. The first-order chi connectivity index (χ1) is 18.0. The Morgan fingerprint density at radius 3 is 2.78 bits per heavy atom. The fourth-order valence-corrected chi connectivity index (χ4v) is 8.50. The molecule has 2 aliphatic heterocycles. The lowest BCUT2D eigenvalue weighted by Crippen LogP contribution is -2.71. The molecule has 2 saturated carbocycles. The van der Waals surface area contributed by atoms with Gasteiger partial charge in [0.1, 0.15) is 12.2 Å².